The average Bonchev–Trinajstić information content (AvgIpc) is 2.63. The molecule has 26 heavy (non-hydrogen) atoms. The van der Waals surface area contributed by atoms with Crippen molar-refractivity contribution in [3.8, 4) is 5.75 Å². The second-order valence-corrected chi connectivity index (χ2v) is 5.31. The molecule has 0 N–H and O–H groups in total. The van der Waals surface area contributed by atoms with E-state index in [0.29, 0.717) is 17.4 Å². The van der Waals surface area contributed by atoms with E-state index >= 15 is 0 Å². The van der Waals surface area contributed by atoms with Crippen LogP contribution in [0.3, 0.4) is 0 Å². The van der Waals surface area contributed by atoms with Crippen LogP contribution in [0.1, 0.15) is 30.7 Å². The van der Waals surface area contributed by atoms with Crippen molar-refractivity contribution in [2.75, 3.05) is 0 Å². The summed E-state index contributed by atoms with van der Waals surface area (Å²) in [6.45, 7) is 5.82. The van der Waals surface area contributed by atoms with Crippen molar-refractivity contribution < 1.29 is 22.3 Å². The molecule has 0 aliphatic heterocycles. The molecule has 138 valence electrons. The number of rotatable bonds is 3. The fraction of sp³-hybridized carbons (Fsp3) is 0.250. The number of hydrogen-bond donors (Lipinski definition) is 0. The fourth-order valence-electron chi connectivity index (χ4n) is 2.37. The lowest BCUT2D eigenvalue weighted by Gasteiger charge is -2.12. The highest BCUT2D eigenvalue weighted by Gasteiger charge is 2.35. The first-order valence-corrected chi connectivity index (χ1v) is 8.17. The van der Waals surface area contributed by atoms with Gasteiger partial charge in [-0.25, -0.2) is 0 Å². The molecule has 1 aromatic heterocycles. The summed E-state index contributed by atoms with van der Waals surface area (Å²) in [6, 6.07) is 12.8. The van der Waals surface area contributed by atoms with E-state index in [1.165, 1.54) is 6.07 Å². The van der Waals surface area contributed by atoms with Crippen LogP contribution in [-0.2, 0) is 12.8 Å². The summed E-state index contributed by atoms with van der Waals surface area (Å²) in [5.41, 5.74) is 0.427. The molecule has 0 radical (unpaired) electrons. The largest absolute Gasteiger partial charge is 0.488 e. The number of benzene rings is 2. The van der Waals surface area contributed by atoms with E-state index in [0.717, 1.165) is 5.56 Å². The van der Waals surface area contributed by atoms with Crippen molar-refractivity contribution in [1.29, 1.82) is 0 Å². The van der Waals surface area contributed by atoms with Crippen LogP contribution in [0.25, 0.3) is 11.0 Å². The van der Waals surface area contributed by atoms with Crippen LogP contribution in [0, 0.1) is 6.92 Å². The monoisotopic (exact) mass is 364 g/mol. The molecule has 3 nitrogen and oxygen atoms in total. The third kappa shape index (κ3) is 4.25. The second kappa shape index (κ2) is 8.08. The van der Waals surface area contributed by atoms with Gasteiger partial charge in [0.2, 0.25) is 5.76 Å². The van der Waals surface area contributed by atoms with Crippen LogP contribution in [0.5, 0.6) is 5.75 Å². The van der Waals surface area contributed by atoms with Gasteiger partial charge in [0.25, 0.3) is 0 Å². The molecule has 3 aromatic rings. The first-order chi connectivity index (χ1) is 12.4. The topological polar surface area (TPSA) is 39.4 Å². The molecule has 1 heterocycles. The van der Waals surface area contributed by atoms with E-state index in [9.17, 15) is 18.0 Å². The minimum atomic E-state index is -4.72. The molecule has 2 aromatic carbocycles. The third-order valence-corrected chi connectivity index (χ3v) is 3.61. The summed E-state index contributed by atoms with van der Waals surface area (Å²) in [5.74, 6) is -0.947. The van der Waals surface area contributed by atoms with E-state index < -0.39 is 17.4 Å². The van der Waals surface area contributed by atoms with Gasteiger partial charge in [0.1, 0.15) is 17.9 Å². The van der Waals surface area contributed by atoms with E-state index in [2.05, 4.69) is 0 Å². The number of fused-ring (bicyclic) bond motifs is 1. The molecule has 0 saturated heterocycles. The number of ether oxygens (including phenoxy) is 1. The zero-order chi connectivity index (χ0) is 19.3. The number of aryl methyl sites for hydroxylation is 1. The molecule has 0 unspecified atom stereocenters. The van der Waals surface area contributed by atoms with Crippen LogP contribution >= 0.6 is 0 Å². The summed E-state index contributed by atoms with van der Waals surface area (Å²) in [4.78, 5) is 11.9. The lowest BCUT2D eigenvalue weighted by atomic mass is 10.1. The van der Waals surface area contributed by atoms with E-state index in [4.69, 9.17) is 9.15 Å². The number of halogens is 3. The van der Waals surface area contributed by atoms with Gasteiger partial charge in [-0.2, -0.15) is 13.2 Å². The lowest BCUT2D eigenvalue weighted by molar-refractivity contribution is -0.152. The molecule has 3 rings (SSSR count). The van der Waals surface area contributed by atoms with E-state index in [1.54, 1.807) is 13.0 Å². The Bertz CT molecular complexity index is 929. The van der Waals surface area contributed by atoms with Crippen LogP contribution in [-0.4, -0.2) is 0 Å². The Balaban J connectivity index is 0.00000117. The Labute approximate surface area is 149 Å². The van der Waals surface area contributed by atoms with Crippen molar-refractivity contribution in [3.63, 3.8) is 0 Å². The van der Waals surface area contributed by atoms with Gasteiger partial charge in [0, 0.05) is 11.6 Å². The first-order valence-electron chi connectivity index (χ1n) is 8.17. The Morgan fingerprint density at radius 2 is 1.69 bits per heavy atom. The molecule has 0 atom stereocenters. The molecule has 0 aliphatic rings. The van der Waals surface area contributed by atoms with Gasteiger partial charge in [-0.05, 0) is 24.6 Å². The van der Waals surface area contributed by atoms with Crippen LogP contribution in [0.15, 0.2) is 57.7 Å². The normalized spacial score (nSPS) is 11.0. The van der Waals surface area contributed by atoms with Crippen LogP contribution in [0.2, 0.25) is 0 Å². The maximum Gasteiger partial charge on any atom is 0.449 e. The fourth-order valence-corrected chi connectivity index (χ4v) is 2.37. The summed E-state index contributed by atoms with van der Waals surface area (Å²) in [6.07, 6.45) is -4.72. The zero-order valence-corrected chi connectivity index (χ0v) is 14.7. The van der Waals surface area contributed by atoms with Gasteiger partial charge in [0.15, 0.2) is 5.43 Å². The molecular formula is C20H19F3O3. The van der Waals surface area contributed by atoms with Gasteiger partial charge < -0.3 is 9.15 Å². The standard InChI is InChI=1S/C18H13F3O3.C2H6/c1-11-15(23-10-12-5-3-2-4-6-12)8-7-13-14(22)9-16(18(19,20)21)24-17(11)13;1-2/h2-9H,10H2,1H3;1-2H3. The second-order valence-electron chi connectivity index (χ2n) is 5.31. The molecule has 0 saturated carbocycles. The van der Waals surface area contributed by atoms with Crippen molar-refractivity contribution in [1.82, 2.24) is 0 Å². The Hall–Kier alpha value is -2.76. The van der Waals surface area contributed by atoms with Gasteiger partial charge >= 0.3 is 6.18 Å². The van der Waals surface area contributed by atoms with Gasteiger partial charge in [-0.15, -0.1) is 0 Å². The van der Waals surface area contributed by atoms with E-state index in [1.807, 2.05) is 44.2 Å². The van der Waals surface area contributed by atoms with Crippen molar-refractivity contribution >= 4 is 11.0 Å². The predicted molar refractivity (Wildman–Crippen MR) is 94.3 cm³/mol. The average molecular weight is 364 g/mol. The summed E-state index contributed by atoms with van der Waals surface area (Å²) in [5, 5.41) is 0.0903. The SMILES string of the molecule is CC.Cc1c(OCc2ccccc2)ccc2c(=O)cc(C(F)(F)F)oc12. The van der Waals surface area contributed by atoms with Gasteiger partial charge in [-0.3, -0.25) is 4.79 Å². The van der Waals surface area contributed by atoms with Gasteiger partial charge in [-0.1, -0.05) is 44.2 Å². The highest BCUT2D eigenvalue weighted by Crippen LogP contribution is 2.33. The molecule has 0 amide bonds. The highest BCUT2D eigenvalue weighted by molar-refractivity contribution is 5.81. The molecular weight excluding hydrogens is 345 g/mol. The maximum atomic E-state index is 12.8. The lowest BCUT2D eigenvalue weighted by Crippen LogP contribution is -2.11. The summed E-state index contributed by atoms with van der Waals surface area (Å²) < 4.78 is 49.1. The van der Waals surface area contributed by atoms with Crippen molar-refractivity contribution in [2.24, 2.45) is 0 Å². The predicted octanol–water partition coefficient (Wildman–Crippen LogP) is 5.73. The Morgan fingerprint density at radius 1 is 1.04 bits per heavy atom. The smallest absolute Gasteiger partial charge is 0.449 e. The van der Waals surface area contributed by atoms with Crippen LogP contribution < -0.4 is 10.2 Å². The number of alkyl halides is 3. The Morgan fingerprint density at radius 3 is 2.31 bits per heavy atom. The van der Waals surface area contributed by atoms with Crippen molar-refractivity contribution in [3.05, 3.63) is 75.6 Å². The molecule has 0 spiro atoms. The summed E-state index contributed by atoms with van der Waals surface area (Å²) >= 11 is 0. The highest BCUT2D eigenvalue weighted by atomic mass is 19.4. The third-order valence-electron chi connectivity index (χ3n) is 3.61. The molecule has 6 heteroatoms. The molecule has 0 aliphatic carbocycles. The quantitative estimate of drug-likeness (QED) is 0.596. The number of hydrogen-bond acceptors (Lipinski definition) is 3. The first kappa shape index (κ1) is 19.6. The molecule has 0 bridgehead atoms. The van der Waals surface area contributed by atoms with Crippen LogP contribution in [0.4, 0.5) is 13.2 Å². The minimum Gasteiger partial charge on any atom is -0.488 e. The zero-order valence-electron chi connectivity index (χ0n) is 14.7. The minimum absolute atomic E-state index is 0.0903. The maximum absolute atomic E-state index is 12.8. The Kier molecular flexibility index (Phi) is 6.08. The summed E-state index contributed by atoms with van der Waals surface area (Å²) in [7, 11) is 0. The van der Waals surface area contributed by atoms with E-state index in [-0.39, 0.29) is 17.6 Å². The molecule has 0 fully saturated rings. The van der Waals surface area contributed by atoms with Gasteiger partial charge in [0.05, 0.1) is 5.39 Å². The van der Waals surface area contributed by atoms with Crippen molar-refractivity contribution in [2.45, 2.75) is 33.6 Å².